The molecule has 1 aromatic carbocycles. The van der Waals surface area contributed by atoms with E-state index in [1.165, 1.54) is 11.3 Å². The first kappa shape index (κ1) is 14.9. The van der Waals surface area contributed by atoms with Crippen molar-refractivity contribution >= 4 is 39.5 Å². The summed E-state index contributed by atoms with van der Waals surface area (Å²) >= 11 is 7.48. The number of methoxy groups -OCH3 is 1. The number of fused-ring (bicyclic) bond motifs is 1. The van der Waals surface area contributed by atoms with Crippen LogP contribution in [0.4, 0.5) is 5.69 Å². The quantitative estimate of drug-likeness (QED) is 0.793. The minimum Gasteiger partial charge on any atom is -0.495 e. The zero-order valence-corrected chi connectivity index (χ0v) is 13.7. The second kappa shape index (κ2) is 5.98. The lowest BCUT2D eigenvalue weighted by Crippen LogP contribution is -2.15. The molecule has 5 nitrogen and oxygen atoms in total. The van der Waals surface area contributed by atoms with Crippen molar-refractivity contribution in [1.82, 2.24) is 9.38 Å². The second-order valence-corrected chi connectivity index (χ2v) is 6.10. The number of anilines is 1. The molecule has 22 heavy (non-hydrogen) atoms. The Morgan fingerprint density at radius 3 is 3.09 bits per heavy atom. The molecular weight excluding hydrogens is 322 g/mol. The van der Waals surface area contributed by atoms with Crippen LogP contribution in [0.5, 0.6) is 5.75 Å². The summed E-state index contributed by atoms with van der Waals surface area (Å²) in [5.41, 5.74) is 2.40. The van der Waals surface area contributed by atoms with Crippen LogP contribution in [0, 0.1) is 6.92 Å². The first-order valence-electron chi connectivity index (χ1n) is 6.62. The van der Waals surface area contributed by atoms with Crippen LogP contribution < -0.4 is 10.1 Å². The molecule has 0 aliphatic rings. The van der Waals surface area contributed by atoms with Crippen molar-refractivity contribution in [2.24, 2.45) is 0 Å². The van der Waals surface area contributed by atoms with E-state index in [1.54, 1.807) is 25.3 Å². The molecule has 2 heterocycles. The molecule has 0 radical (unpaired) electrons. The highest BCUT2D eigenvalue weighted by molar-refractivity contribution is 7.15. The second-order valence-electron chi connectivity index (χ2n) is 4.83. The van der Waals surface area contributed by atoms with Crippen molar-refractivity contribution in [3.8, 4) is 5.75 Å². The Morgan fingerprint density at radius 2 is 2.32 bits per heavy atom. The number of amides is 1. The first-order valence-corrected chi connectivity index (χ1v) is 7.88. The average Bonchev–Trinajstić information content (AvgIpc) is 3.00. The highest BCUT2D eigenvalue weighted by Gasteiger charge is 2.13. The van der Waals surface area contributed by atoms with Crippen molar-refractivity contribution in [1.29, 1.82) is 0 Å². The standard InChI is InChI=1S/C15H14ClN3O2S/c1-9-7-19-11(8-22-15(19)17-9)6-14(20)18-12-5-10(16)3-4-13(12)21-2/h3-5,7-8H,6H2,1-2H3,(H,18,20). The van der Waals surface area contributed by atoms with Gasteiger partial charge < -0.3 is 10.1 Å². The van der Waals surface area contributed by atoms with E-state index in [0.29, 0.717) is 16.5 Å². The predicted molar refractivity (Wildman–Crippen MR) is 88.1 cm³/mol. The number of nitrogens with zero attached hydrogens (tertiary/aromatic N) is 2. The topological polar surface area (TPSA) is 55.6 Å². The van der Waals surface area contributed by atoms with Gasteiger partial charge in [-0.3, -0.25) is 9.20 Å². The maximum atomic E-state index is 12.3. The molecule has 0 unspecified atom stereocenters. The molecule has 0 aliphatic heterocycles. The molecule has 1 amide bonds. The Kier molecular flexibility index (Phi) is 4.04. The number of ether oxygens (including phenoxy) is 1. The van der Waals surface area contributed by atoms with Gasteiger partial charge in [0.2, 0.25) is 5.91 Å². The van der Waals surface area contributed by atoms with E-state index in [2.05, 4.69) is 10.3 Å². The number of aromatic nitrogens is 2. The number of imidazole rings is 1. The Labute approximate surface area is 136 Å². The zero-order chi connectivity index (χ0) is 15.7. The van der Waals surface area contributed by atoms with Crippen LogP contribution >= 0.6 is 22.9 Å². The van der Waals surface area contributed by atoms with Gasteiger partial charge in [0.05, 0.1) is 24.9 Å². The number of carbonyl (C=O) groups is 1. The number of hydrogen-bond acceptors (Lipinski definition) is 4. The monoisotopic (exact) mass is 335 g/mol. The van der Waals surface area contributed by atoms with Gasteiger partial charge in [0.25, 0.3) is 0 Å². The van der Waals surface area contributed by atoms with Gasteiger partial charge >= 0.3 is 0 Å². The van der Waals surface area contributed by atoms with Crippen LogP contribution in [-0.4, -0.2) is 22.4 Å². The fourth-order valence-electron chi connectivity index (χ4n) is 2.21. The van der Waals surface area contributed by atoms with Crippen molar-refractivity contribution in [2.45, 2.75) is 13.3 Å². The van der Waals surface area contributed by atoms with E-state index in [-0.39, 0.29) is 12.3 Å². The molecule has 7 heteroatoms. The van der Waals surface area contributed by atoms with Crippen molar-refractivity contribution < 1.29 is 9.53 Å². The molecule has 0 fully saturated rings. The zero-order valence-electron chi connectivity index (χ0n) is 12.1. The molecule has 0 aliphatic carbocycles. The Bertz CT molecular complexity index is 841. The van der Waals surface area contributed by atoms with Gasteiger partial charge in [-0.25, -0.2) is 4.98 Å². The lowest BCUT2D eigenvalue weighted by molar-refractivity contribution is -0.115. The van der Waals surface area contributed by atoms with Crippen LogP contribution in [0.25, 0.3) is 4.96 Å². The summed E-state index contributed by atoms with van der Waals surface area (Å²) in [6, 6.07) is 5.11. The van der Waals surface area contributed by atoms with E-state index in [9.17, 15) is 4.79 Å². The Morgan fingerprint density at radius 1 is 1.50 bits per heavy atom. The third-order valence-electron chi connectivity index (χ3n) is 3.18. The molecular formula is C15H14ClN3O2S. The number of halogens is 1. The Hall–Kier alpha value is -2.05. The van der Waals surface area contributed by atoms with Crippen LogP contribution in [0.2, 0.25) is 5.02 Å². The van der Waals surface area contributed by atoms with Crippen LogP contribution in [-0.2, 0) is 11.2 Å². The van der Waals surface area contributed by atoms with Gasteiger partial charge in [-0.2, -0.15) is 0 Å². The smallest absolute Gasteiger partial charge is 0.230 e. The van der Waals surface area contributed by atoms with E-state index < -0.39 is 0 Å². The Balaban J connectivity index is 1.79. The van der Waals surface area contributed by atoms with Gasteiger partial charge in [0, 0.05) is 22.3 Å². The molecule has 2 aromatic heterocycles. The summed E-state index contributed by atoms with van der Waals surface area (Å²) in [4.78, 5) is 17.5. The van der Waals surface area contributed by atoms with Gasteiger partial charge in [0.1, 0.15) is 5.75 Å². The highest BCUT2D eigenvalue weighted by atomic mass is 35.5. The SMILES string of the molecule is COc1ccc(Cl)cc1NC(=O)Cc1csc2nc(C)cn12. The third kappa shape index (κ3) is 2.93. The van der Waals surface area contributed by atoms with E-state index in [1.807, 2.05) is 22.9 Å². The number of thiazole rings is 1. The molecule has 114 valence electrons. The lowest BCUT2D eigenvalue weighted by atomic mass is 10.2. The van der Waals surface area contributed by atoms with Crippen LogP contribution in [0.3, 0.4) is 0 Å². The largest absolute Gasteiger partial charge is 0.495 e. The van der Waals surface area contributed by atoms with E-state index in [0.717, 1.165) is 16.3 Å². The average molecular weight is 336 g/mol. The molecule has 0 saturated heterocycles. The lowest BCUT2D eigenvalue weighted by Gasteiger charge is -2.10. The van der Waals surface area contributed by atoms with Gasteiger partial charge in [-0.1, -0.05) is 11.6 Å². The number of hydrogen-bond donors (Lipinski definition) is 1. The van der Waals surface area contributed by atoms with Crippen molar-refractivity contribution in [3.63, 3.8) is 0 Å². The maximum absolute atomic E-state index is 12.3. The number of benzene rings is 1. The number of carbonyl (C=O) groups excluding carboxylic acids is 1. The van der Waals surface area contributed by atoms with Gasteiger partial charge in [-0.05, 0) is 25.1 Å². The van der Waals surface area contributed by atoms with E-state index in [4.69, 9.17) is 16.3 Å². The number of rotatable bonds is 4. The maximum Gasteiger partial charge on any atom is 0.230 e. The molecule has 3 rings (SSSR count). The number of aryl methyl sites for hydroxylation is 1. The minimum atomic E-state index is -0.133. The molecule has 0 saturated carbocycles. The first-order chi connectivity index (χ1) is 10.6. The van der Waals surface area contributed by atoms with Gasteiger partial charge in [-0.15, -0.1) is 11.3 Å². The molecule has 0 atom stereocenters. The molecule has 3 aromatic rings. The fourth-order valence-corrected chi connectivity index (χ4v) is 3.30. The summed E-state index contributed by atoms with van der Waals surface area (Å²) in [7, 11) is 1.55. The molecule has 0 bridgehead atoms. The summed E-state index contributed by atoms with van der Waals surface area (Å²) in [5, 5.41) is 5.32. The number of nitrogens with one attached hydrogen (secondary N) is 1. The van der Waals surface area contributed by atoms with Gasteiger partial charge in [0.15, 0.2) is 4.96 Å². The van der Waals surface area contributed by atoms with Crippen molar-refractivity contribution in [3.05, 3.63) is 46.2 Å². The van der Waals surface area contributed by atoms with Crippen LogP contribution in [0.1, 0.15) is 11.4 Å². The summed E-state index contributed by atoms with van der Waals surface area (Å²) in [6.45, 7) is 1.93. The van der Waals surface area contributed by atoms with Crippen LogP contribution in [0.15, 0.2) is 29.8 Å². The summed E-state index contributed by atoms with van der Waals surface area (Å²) in [5.74, 6) is 0.443. The fraction of sp³-hybridized carbons (Fsp3) is 0.200. The summed E-state index contributed by atoms with van der Waals surface area (Å²) in [6.07, 6.45) is 2.18. The van der Waals surface area contributed by atoms with E-state index >= 15 is 0 Å². The highest BCUT2D eigenvalue weighted by Crippen LogP contribution is 2.28. The summed E-state index contributed by atoms with van der Waals surface area (Å²) < 4.78 is 7.16. The predicted octanol–water partition coefficient (Wildman–Crippen LogP) is 3.55. The van der Waals surface area contributed by atoms with Crippen molar-refractivity contribution in [2.75, 3.05) is 12.4 Å². The third-order valence-corrected chi connectivity index (χ3v) is 4.30. The minimum absolute atomic E-state index is 0.133. The molecule has 1 N–H and O–H groups in total. The normalized spacial score (nSPS) is 10.9. The molecule has 0 spiro atoms.